The fourth-order valence-corrected chi connectivity index (χ4v) is 1.72. The van der Waals surface area contributed by atoms with Crippen molar-refractivity contribution in [3.8, 4) is 0 Å². The van der Waals surface area contributed by atoms with Crippen LogP contribution in [-0.2, 0) is 14.3 Å². The van der Waals surface area contributed by atoms with Gasteiger partial charge >= 0.3 is 12.1 Å². The molecule has 1 rings (SSSR count). The first-order chi connectivity index (χ1) is 7.09. The van der Waals surface area contributed by atoms with Gasteiger partial charge in [0.15, 0.2) is 0 Å². The molecule has 0 spiro atoms. The molecule has 1 fully saturated rings. The Morgan fingerprint density at radius 2 is 1.73 bits per heavy atom. The molecule has 0 aromatic carbocycles. The van der Waals surface area contributed by atoms with Gasteiger partial charge in [-0.05, 0) is 26.7 Å². The Labute approximate surface area is 89.9 Å². The highest BCUT2D eigenvalue weighted by Gasteiger charge is 2.25. The van der Waals surface area contributed by atoms with Crippen molar-refractivity contribution in [2.24, 2.45) is 5.92 Å². The minimum atomic E-state index is -0.874. The fraction of sp³-hybridized carbons (Fsp3) is 0.818. The van der Waals surface area contributed by atoms with Gasteiger partial charge in [0.2, 0.25) is 0 Å². The molecule has 4 nitrogen and oxygen atoms in total. The first kappa shape index (κ1) is 12.0. The van der Waals surface area contributed by atoms with Crippen molar-refractivity contribution >= 4 is 12.1 Å². The third-order valence-electron chi connectivity index (χ3n) is 2.45. The number of carbonyl (C=O) groups is 2. The zero-order valence-electron chi connectivity index (χ0n) is 9.32. The van der Waals surface area contributed by atoms with Gasteiger partial charge in [0.1, 0.15) is 0 Å². The Morgan fingerprint density at radius 3 is 2.27 bits per heavy atom. The van der Waals surface area contributed by atoms with Gasteiger partial charge in [0.05, 0.1) is 12.0 Å². The summed E-state index contributed by atoms with van der Waals surface area (Å²) >= 11 is 0. The van der Waals surface area contributed by atoms with Crippen LogP contribution in [0.4, 0.5) is 4.79 Å². The molecule has 1 aliphatic rings. The van der Waals surface area contributed by atoms with Crippen LogP contribution in [0.2, 0.25) is 0 Å². The maximum absolute atomic E-state index is 11.5. The Morgan fingerprint density at radius 1 is 1.13 bits per heavy atom. The second-order valence-corrected chi connectivity index (χ2v) is 4.17. The largest absolute Gasteiger partial charge is 0.516 e. The monoisotopic (exact) mass is 214 g/mol. The van der Waals surface area contributed by atoms with Crippen molar-refractivity contribution in [2.75, 3.05) is 0 Å². The van der Waals surface area contributed by atoms with Crippen LogP contribution in [0.5, 0.6) is 0 Å². The molecule has 0 atom stereocenters. The smallest absolute Gasteiger partial charge is 0.431 e. The van der Waals surface area contributed by atoms with E-state index in [0.717, 1.165) is 25.7 Å². The molecule has 0 aromatic heterocycles. The summed E-state index contributed by atoms with van der Waals surface area (Å²) in [5.41, 5.74) is 0. The zero-order chi connectivity index (χ0) is 11.3. The summed E-state index contributed by atoms with van der Waals surface area (Å²) in [5.74, 6) is -0.543. The van der Waals surface area contributed by atoms with Crippen molar-refractivity contribution in [1.29, 1.82) is 0 Å². The molecule has 0 N–H and O–H groups in total. The molecule has 0 unspecified atom stereocenters. The van der Waals surface area contributed by atoms with Crippen LogP contribution in [0.15, 0.2) is 0 Å². The van der Waals surface area contributed by atoms with Crippen molar-refractivity contribution < 1.29 is 19.1 Å². The van der Waals surface area contributed by atoms with E-state index < -0.39 is 12.1 Å². The standard InChI is InChI=1S/C11H18O4/c1-8(2)14-11(13)15-10(12)9-6-4-3-5-7-9/h8-9H,3-7H2,1-2H3. The summed E-state index contributed by atoms with van der Waals surface area (Å²) in [4.78, 5) is 22.5. The van der Waals surface area contributed by atoms with E-state index in [4.69, 9.17) is 4.74 Å². The molecule has 0 aromatic rings. The highest BCUT2D eigenvalue weighted by Crippen LogP contribution is 2.24. The molecule has 15 heavy (non-hydrogen) atoms. The summed E-state index contributed by atoms with van der Waals surface area (Å²) in [5, 5.41) is 0. The van der Waals surface area contributed by atoms with Crippen LogP contribution in [-0.4, -0.2) is 18.2 Å². The summed E-state index contributed by atoms with van der Waals surface area (Å²) in [6.45, 7) is 3.43. The first-order valence-electron chi connectivity index (χ1n) is 5.52. The second-order valence-electron chi connectivity index (χ2n) is 4.17. The van der Waals surface area contributed by atoms with E-state index in [9.17, 15) is 9.59 Å². The van der Waals surface area contributed by atoms with Gasteiger partial charge in [-0.3, -0.25) is 4.79 Å². The maximum Gasteiger partial charge on any atom is 0.516 e. The van der Waals surface area contributed by atoms with E-state index >= 15 is 0 Å². The normalized spacial score (nSPS) is 17.5. The minimum Gasteiger partial charge on any atom is -0.431 e. The van der Waals surface area contributed by atoms with Crippen LogP contribution in [0.1, 0.15) is 46.0 Å². The van der Waals surface area contributed by atoms with E-state index in [2.05, 4.69) is 4.74 Å². The number of rotatable bonds is 2. The van der Waals surface area contributed by atoms with Gasteiger partial charge < -0.3 is 9.47 Å². The fourth-order valence-electron chi connectivity index (χ4n) is 1.72. The van der Waals surface area contributed by atoms with Crippen molar-refractivity contribution in [1.82, 2.24) is 0 Å². The summed E-state index contributed by atoms with van der Waals surface area (Å²) in [6, 6.07) is 0. The van der Waals surface area contributed by atoms with Crippen LogP contribution in [0.25, 0.3) is 0 Å². The Hall–Kier alpha value is -1.06. The van der Waals surface area contributed by atoms with Gasteiger partial charge in [-0.1, -0.05) is 19.3 Å². The molecular formula is C11H18O4. The number of esters is 1. The van der Waals surface area contributed by atoms with Crippen molar-refractivity contribution in [2.45, 2.75) is 52.1 Å². The Kier molecular flexibility index (Phi) is 4.59. The molecule has 0 heterocycles. The highest BCUT2D eigenvalue weighted by molar-refractivity contribution is 5.83. The molecule has 86 valence electrons. The minimum absolute atomic E-state index is 0.113. The zero-order valence-corrected chi connectivity index (χ0v) is 9.32. The average molecular weight is 214 g/mol. The lowest BCUT2D eigenvalue weighted by atomic mass is 9.89. The molecule has 0 amide bonds. The number of carbonyl (C=O) groups excluding carboxylic acids is 2. The van der Waals surface area contributed by atoms with E-state index in [1.807, 2.05) is 0 Å². The topological polar surface area (TPSA) is 52.6 Å². The van der Waals surface area contributed by atoms with Gasteiger partial charge in [-0.25, -0.2) is 4.79 Å². The Balaban J connectivity index is 2.30. The molecule has 0 aliphatic heterocycles. The number of hydrogen-bond donors (Lipinski definition) is 0. The molecule has 4 heteroatoms. The lowest BCUT2D eigenvalue weighted by Gasteiger charge is -2.19. The van der Waals surface area contributed by atoms with Crippen LogP contribution in [0, 0.1) is 5.92 Å². The molecule has 1 aliphatic carbocycles. The molecular weight excluding hydrogens is 196 g/mol. The van der Waals surface area contributed by atoms with Crippen molar-refractivity contribution in [3.63, 3.8) is 0 Å². The quantitative estimate of drug-likeness (QED) is 0.523. The Bertz CT molecular complexity index is 229. The molecule has 0 saturated heterocycles. The predicted molar refractivity (Wildman–Crippen MR) is 54.3 cm³/mol. The highest BCUT2D eigenvalue weighted by atomic mass is 16.7. The van der Waals surface area contributed by atoms with Gasteiger partial charge in [-0.2, -0.15) is 0 Å². The first-order valence-corrected chi connectivity index (χ1v) is 5.52. The van der Waals surface area contributed by atoms with E-state index in [1.165, 1.54) is 6.42 Å². The third-order valence-corrected chi connectivity index (χ3v) is 2.45. The average Bonchev–Trinajstić information content (AvgIpc) is 2.17. The SMILES string of the molecule is CC(C)OC(=O)OC(=O)C1CCCCC1. The molecule has 1 saturated carbocycles. The van der Waals surface area contributed by atoms with E-state index in [-0.39, 0.29) is 12.0 Å². The summed E-state index contributed by atoms with van der Waals surface area (Å²) in [7, 11) is 0. The van der Waals surface area contributed by atoms with Crippen molar-refractivity contribution in [3.05, 3.63) is 0 Å². The lowest BCUT2D eigenvalue weighted by molar-refractivity contribution is -0.146. The second kappa shape index (κ2) is 5.73. The van der Waals surface area contributed by atoms with Gasteiger partial charge in [0.25, 0.3) is 0 Å². The maximum atomic E-state index is 11.5. The number of ether oxygens (including phenoxy) is 2. The van der Waals surface area contributed by atoms with E-state index in [1.54, 1.807) is 13.8 Å². The predicted octanol–water partition coefficient (Wildman–Crippen LogP) is 2.65. The van der Waals surface area contributed by atoms with Gasteiger partial charge in [-0.15, -0.1) is 0 Å². The van der Waals surface area contributed by atoms with Gasteiger partial charge in [0, 0.05) is 0 Å². The number of hydrogen-bond acceptors (Lipinski definition) is 4. The van der Waals surface area contributed by atoms with Crippen LogP contribution >= 0.6 is 0 Å². The van der Waals surface area contributed by atoms with Crippen LogP contribution in [0.3, 0.4) is 0 Å². The summed E-state index contributed by atoms with van der Waals surface area (Å²) in [6.07, 6.45) is 3.78. The van der Waals surface area contributed by atoms with Crippen LogP contribution < -0.4 is 0 Å². The molecule has 0 bridgehead atoms. The summed E-state index contributed by atoms with van der Waals surface area (Å²) < 4.78 is 9.33. The lowest BCUT2D eigenvalue weighted by Crippen LogP contribution is -2.24. The third kappa shape index (κ3) is 4.32. The molecule has 0 radical (unpaired) electrons. The van der Waals surface area contributed by atoms with E-state index in [0.29, 0.717) is 0 Å².